The van der Waals surface area contributed by atoms with Crippen molar-refractivity contribution in [1.82, 2.24) is 0 Å². The molecule has 1 fully saturated rings. The zero-order valence-corrected chi connectivity index (χ0v) is 18.1. The van der Waals surface area contributed by atoms with Gasteiger partial charge in [-0.25, -0.2) is 0 Å². The lowest BCUT2D eigenvalue weighted by Gasteiger charge is -2.39. The molecular formula is C25H31NO4. The summed E-state index contributed by atoms with van der Waals surface area (Å²) < 4.78 is 5.92. The number of nitrogens with zero attached hydrogens (tertiary/aromatic N) is 1. The zero-order chi connectivity index (χ0) is 21.5. The van der Waals surface area contributed by atoms with Crippen molar-refractivity contribution >= 4 is 17.5 Å². The van der Waals surface area contributed by atoms with E-state index in [0.29, 0.717) is 24.1 Å². The van der Waals surface area contributed by atoms with Gasteiger partial charge in [-0.1, -0.05) is 32.4 Å². The molecule has 1 aromatic rings. The van der Waals surface area contributed by atoms with Gasteiger partial charge in [0, 0.05) is 29.3 Å². The largest absolute Gasteiger partial charge is 0.508 e. The average molecular weight is 410 g/mol. The number of benzene rings is 1. The Bertz CT molecular complexity index is 921. The van der Waals surface area contributed by atoms with Crippen molar-refractivity contribution in [1.29, 1.82) is 0 Å². The molecule has 0 saturated heterocycles. The SMILES string of the molecule is CC1=NC2=C(C(=O)CC(C)(C)C2)[C@@H](c2cccc(O)c2)C1C(=O)OC1CCCCC1. The molecule has 0 spiro atoms. The molecule has 0 amide bonds. The first-order valence-corrected chi connectivity index (χ1v) is 11.1. The Labute approximate surface area is 178 Å². The van der Waals surface area contributed by atoms with Crippen LogP contribution >= 0.6 is 0 Å². The summed E-state index contributed by atoms with van der Waals surface area (Å²) in [7, 11) is 0. The van der Waals surface area contributed by atoms with E-state index in [9.17, 15) is 14.7 Å². The number of ether oxygens (including phenoxy) is 1. The molecule has 2 atom stereocenters. The second kappa shape index (κ2) is 8.01. The maximum atomic E-state index is 13.4. The molecular weight excluding hydrogens is 378 g/mol. The second-order valence-electron chi connectivity index (χ2n) is 9.80. The first kappa shape index (κ1) is 20.8. The first-order valence-electron chi connectivity index (χ1n) is 11.1. The van der Waals surface area contributed by atoms with Crippen molar-refractivity contribution in [3.05, 3.63) is 41.1 Å². The number of hydrogen-bond acceptors (Lipinski definition) is 5. The summed E-state index contributed by atoms with van der Waals surface area (Å²) in [5, 5.41) is 10.1. The van der Waals surface area contributed by atoms with Gasteiger partial charge < -0.3 is 9.84 Å². The highest BCUT2D eigenvalue weighted by atomic mass is 16.5. The van der Waals surface area contributed by atoms with Gasteiger partial charge in [0.15, 0.2) is 5.78 Å². The Hall–Kier alpha value is -2.43. The van der Waals surface area contributed by atoms with E-state index in [-0.39, 0.29) is 29.0 Å². The van der Waals surface area contributed by atoms with Crippen LogP contribution in [0.2, 0.25) is 0 Å². The fourth-order valence-electron chi connectivity index (χ4n) is 5.25. The summed E-state index contributed by atoms with van der Waals surface area (Å²) in [6.45, 7) is 6.01. The first-order chi connectivity index (χ1) is 14.2. The minimum absolute atomic E-state index is 0.0429. The van der Waals surface area contributed by atoms with E-state index in [1.807, 2.05) is 13.0 Å². The predicted octanol–water partition coefficient (Wildman–Crippen LogP) is 5.09. The van der Waals surface area contributed by atoms with Gasteiger partial charge in [0.05, 0.1) is 0 Å². The van der Waals surface area contributed by atoms with Crippen LogP contribution in [0.4, 0.5) is 0 Å². The van der Waals surface area contributed by atoms with E-state index in [4.69, 9.17) is 9.73 Å². The molecule has 3 aliphatic rings. The summed E-state index contributed by atoms with van der Waals surface area (Å²) in [6.07, 6.45) is 6.21. The third kappa shape index (κ3) is 4.07. The van der Waals surface area contributed by atoms with Crippen molar-refractivity contribution in [2.75, 3.05) is 0 Å². The number of phenols is 1. The summed E-state index contributed by atoms with van der Waals surface area (Å²) >= 11 is 0. The molecule has 1 aliphatic heterocycles. The lowest BCUT2D eigenvalue weighted by molar-refractivity contribution is -0.153. The molecule has 0 bridgehead atoms. The van der Waals surface area contributed by atoms with Crippen molar-refractivity contribution in [2.24, 2.45) is 16.3 Å². The quantitative estimate of drug-likeness (QED) is 0.706. The molecule has 4 rings (SSSR count). The van der Waals surface area contributed by atoms with E-state index < -0.39 is 11.8 Å². The van der Waals surface area contributed by atoms with E-state index in [1.165, 1.54) is 6.42 Å². The molecule has 5 heteroatoms. The molecule has 1 heterocycles. The third-order valence-electron chi connectivity index (χ3n) is 6.62. The normalized spacial score (nSPS) is 26.8. The molecule has 5 nitrogen and oxygen atoms in total. The third-order valence-corrected chi connectivity index (χ3v) is 6.62. The van der Waals surface area contributed by atoms with Crippen LogP contribution in [0.15, 0.2) is 40.5 Å². The van der Waals surface area contributed by atoms with Crippen molar-refractivity contribution < 1.29 is 19.4 Å². The summed E-state index contributed by atoms with van der Waals surface area (Å²) in [6, 6.07) is 6.89. The maximum absolute atomic E-state index is 13.4. The predicted molar refractivity (Wildman–Crippen MR) is 115 cm³/mol. The van der Waals surface area contributed by atoms with Crippen molar-refractivity contribution in [3.63, 3.8) is 0 Å². The molecule has 1 saturated carbocycles. The Morgan fingerprint density at radius 3 is 2.60 bits per heavy atom. The van der Waals surface area contributed by atoms with Gasteiger partial charge in [0.25, 0.3) is 0 Å². The van der Waals surface area contributed by atoms with Gasteiger partial charge in [0.1, 0.15) is 17.8 Å². The minimum Gasteiger partial charge on any atom is -0.508 e. The Balaban J connectivity index is 1.75. The van der Waals surface area contributed by atoms with Crippen LogP contribution in [0, 0.1) is 11.3 Å². The topological polar surface area (TPSA) is 76.0 Å². The highest BCUT2D eigenvalue weighted by Gasteiger charge is 2.46. The number of rotatable bonds is 3. The van der Waals surface area contributed by atoms with Crippen molar-refractivity contribution in [2.45, 2.75) is 77.7 Å². The number of carbonyl (C=O) groups is 2. The molecule has 160 valence electrons. The number of aliphatic imine (C=N–C) groups is 1. The molecule has 1 aromatic carbocycles. The summed E-state index contributed by atoms with van der Waals surface area (Å²) in [5.41, 5.74) is 2.70. The number of Topliss-reactive ketones (excluding diaryl/α,β-unsaturated/α-hetero) is 1. The average Bonchev–Trinajstić information content (AvgIpc) is 2.66. The van der Waals surface area contributed by atoms with E-state index in [2.05, 4.69) is 13.8 Å². The van der Waals surface area contributed by atoms with Gasteiger partial charge in [-0.2, -0.15) is 0 Å². The molecule has 1 N–H and O–H groups in total. The lowest BCUT2D eigenvalue weighted by Crippen LogP contribution is -2.40. The molecule has 30 heavy (non-hydrogen) atoms. The van der Waals surface area contributed by atoms with Gasteiger partial charge in [-0.15, -0.1) is 0 Å². The van der Waals surface area contributed by atoms with Crippen LogP contribution in [-0.4, -0.2) is 28.7 Å². The fourth-order valence-corrected chi connectivity index (χ4v) is 5.25. The Morgan fingerprint density at radius 1 is 1.17 bits per heavy atom. The number of esters is 1. The van der Waals surface area contributed by atoms with Gasteiger partial charge in [0.2, 0.25) is 0 Å². The van der Waals surface area contributed by atoms with Crippen LogP contribution in [0.3, 0.4) is 0 Å². The van der Waals surface area contributed by atoms with Crippen LogP contribution in [0.25, 0.3) is 0 Å². The number of phenolic OH excluding ortho intramolecular Hbond substituents is 1. The smallest absolute Gasteiger partial charge is 0.315 e. The highest BCUT2D eigenvalue weighted by molar-refractivity contribution is 6.09. The van der Waals surface area contributed by atoms with Crippen LogP contribution in [0.1, 0.15) is 77.2 Å². The Kier molecular flexibility index (Phi) is 5.56. The Morgan fingerprint density at radius 2 is 1.90 bits per heavy atom. The van der Waals surface area contributed by atoms with Crippen LogP contribution in [0.5, 0.6) is 5.75 Å². The van der Waals surface area contributed by atoms with Gasteiger partial charge >= 0.3 is 5.97 Å². The van der Waals surface area contributed by atoms with Gasteiger partial charge in [-0.3, -0.25) is 14.6 Å². The maximum Gasteiger partial charge on any atom is 0.315 e. The zero-order valence-electron chi connectivity index (χ0n) is 18.1. The minimum atomic E-state index is -0.641. The monoisotopic (exact) mass is 409 g/mol. The van der Waals surface area contributed by atoms with Crippen molar-refractivity contribution in [3.8, 4) is 5.75 Å². The second-order valence-corrected chi connectivity index (χ2v) is 9.80. The van der Waals surface area contributed by atoms with E-state index in [0.717, 1.165) is 36.9 Å². The standard InChI is InChI=1S/C25H31NO4/c1-15-21(24(29)30-18-10-5-4-6-11-18)22(16-8-7-9-17(27)12-16)23-19(26-15)13-25(2,3)14-20(23)28/h7-9,12,18,21-22,27H,4-6,10-11,13-14H2,1-3H3/t21?,22-/m0/s1. The number of hydrogen-bond donors (Lipinski definition) is 1. The van der Waals surface area contributed by atoms with E-state index in [1.54, 1.807) is 18.2 Å². The highest BCUT2D eigenvalue weighted by Crippen LogP contribution is 2.48. The number of ketones is 1. The summed E-state index contributed by atoms with van der Waals surface area (Å²) in [5.74, 6) is -1.25. The fraction of sp³-hybridized carbons (Fsp3) is 0.560. The number of carbonyl (C=O) groups excluding carboxylic acids is 2. The van der Waals surface area contributed by atoms with Crippen LogP contribution < -0.4 is 0 Å². The lowest BCUT2D eigenvalue weighted by atomic mass is 9.67. The van der Waals surface area contributed by atoms with Crippen LogP contribution in [-0.2, 0) is 14.3 Å². The summed E-state index contributed by atoms with van der Waals surface area (Å²) in [4.78, 5) is 31.3. The number of allylic oxidation sites excluding steroid dienone is 2. The molecule has 1 unspecified atom stereocenters. The molecule has 2 aliphatic carbocycles. The molecule has 0 aromatic heterocycles. The number of aromatic hydroxyl groups is 1. The van der Waals surface area contributed by atoms with E-state index >= 15 is 0 Å². The van der Waals surface area contributed by atoms with Gasteiger partial charge in [-0.05, 0) is 62.1 Å². The molecule has 0 radical (unpaired) electrons.